The number of ether oxygens (including phenoxy) is 2. The Morgan fingerprint density at radius 1 is 1.19 bits per heavy atom. The van der Waals surface area contributed by atoms with Gasteiger partial charge in [0.15, 0.2) is 0 Å². The Bertz CT molecular complexity index is 210. The summed E-state index contributed by atoms with van der Waals surface area (Å²) < 4.78 is 11.8. The van der Waals surface area contributed by atoms with Crippen molar-refractivity contribution in [3.63, 3.8) is 0 Å². The molecule has 2 rings (SSSR count). The first-order valence-electron chi connectivity index (χ1n) is 6.74. The molecule has 16 heavy (non-hydrogen) atoms. The van der Waals surface area contributed by atoms with Crippen LogP contribution in [0.15, 0.2) is 0 Å². The van der Waals surface area contributed by atoms with Crippen LogP contribution in [0, 0.1) is 0 Å². The van der Waals surface area contributed by atoms with E-state index in [9.17, 15) is 0 Å². The van der Waals surface area contributed by atoms with Crippen molar-refractivity contribution >= 4 is 0 Å². The second-order valence-electron chi connectivity index (χ2n) is 5.20. The van der Waals surface area contributed by atoms with Crippen molar-refractivity contribution in [1.29, 1.82) is 0 Å². The van der Waals surface area contributed by atoms with E-state index in [-0.39, 0.29) is 0 Å². The average Bonchev–Trinajstić information content (AvgIpc) is 2.73. The van der Waals surface area contributed by atoms with E-state index in [4.69, 9.17) is 9.47 Å². The molecule has 0 bridgehead atoms. The predicted octanol–water partition coefficient (Wildman–Crippen LogP) is 2.10. The molecule has 3 heteroatoms. The second-order valence-corrected chi connectivity index (χ2v) is 5.20. The normalized spacial score (nSPS) is 40.1. The molecule has 0 spiro atoms. The second kappa shape index (κ2) is 5.99. The lowest BCUT2D eigenvalue weighted by Crippen LogP contribution is -2.42. The van der Waals surface area contributed by atoms with Gasteiger partial charge in [-0.25, -0.2) is 0 Å². The van der Waals surface area contributed by atoms with Crippen LogP contribution in [-0.2, 0) is 9.47 Å². The molecule has 0 amide bonds. The monoisotopic (exact) mass is 227 g/mol. The fourth-order valence-corrected chi connectivity index (χ4v) is 2.87. The maximum Gasteiger partial charge on any atom is 0.0813 e. The van der Waals surface area contributed by atoms with Crippen molar-refractivity contribution in [3.05, 3.63) is 0 Å². The van der Waals surface area contributed by atoms with Crippen LogP contribution in [0.5, 0.6) is 0 Å². The molecule has 0 radical (unpaired) electrons. The Morgan fingerprint density at radius 2 is 2.00 bits per heavy atom. The molecule has 0 aromatic rings. The summed E-state index contributed by atoms with van der Waals surface area (Å²) >= 11 is 0. The molecule has 4 atom stereocenters. The van der Waals surface area contributed by atoms with Gasteiger partial charge in [-0.2, -0.15) is 0 Å². The van der Waals surface area contributed by atoms with E-state index in [2.05, 4.69) is 12.2 Å². The summed E-state index contributed by atoms with van der Waals surface area (Å²) in [5.41, 5.74) is 0. The molecule has 94 valence electrons. The summed E-state index contributed by atoms with van der Waals surface area (Å²) in [7, 11) is 2.04. The van der Waals surface area contributed by atoms with E-state index >= 15 is 0 Å². The van der Waals surface area contributed by atoms with Crippen LogP contribution in [0.4, 0.5) is 0 Å². The number of rotatable bonds is 4. The summed E-state index contributed by atoms with van der Waals surface area (Å²) in [6, 6.07) is 0.549. The van der Waals surface area contributed by atoms with Gasteiger partial charge in [0, 0.05) is 6.04 Å². The minimum Gasteiger partial charge on any atom is -0.374 e. The Balaban J connectivity index is 1.71. The minimum atomic E-state index is 0.342. The highest BCUT2D eigenvalue weighted by Gasteiger charge is 2.27. The van der Waals surface area contributed by atoms with Crippen LogP contribution in [-0.4, -0.2) is 38.0 Å². The minimum absolute atomic E-state index is 0.342. The molecule has 4 unspecified atom stereocenters. The van der Waals surface area contributed by atoms with E-state index < -0.39 is 0 Å². The lowest BCUT2D eigenvalue weighted by Gasteiger charge is -2.31. The summed E-state index contributed by atoms with van der Waals surface area (Å²) in [5, 5.41) is 3.37. The van der Waals surface area contributed by atoms with E-state index in [1.165, 1.54) is 32.1 Å². The van der Waals surface area contributed by atoms with E-state index in [1.54, 1.807) is 0 Å². The Hall–Kier alpha value is -0.120. The van der Waals surface area contributed by atoms with Crippen molar-refractivity contribution in [3.8, 4) is 0 Å². The van der Waals surface area contributed by atoms with Gasteiger partial charge < -0.3 is 14.8 Å². The molecule has 1 aliphatic heterocycles. The zero-order valence-corrected chi connectivity index (χ0v) is 10.6. The Labute approximate surface area is 98.9 Å². The van der Waals surface area contributed by atoms with Crippen LogP contribution in [0.25, 0.3) is 0 Å². The van der Waals surface area contributed by atoms with E-state index in [0.717, 1.165) is 13.0 Å². The first-order chi connectivity index (χ1) is 7.79. The molecule has 2 fully saturated rings. The van der Waals surface area contributed by atoms with E-state index in [0.29, 0.717) is 24.4 Å². The summed E-state index contributed by atoms with van der Waals surface area (Å²) in [6.45, 7) is 2.93. The maximum atomic E-state index is 6.03. The van der Waals surface area contributed by atoms with Gasteiger partial charge >= 0.3 is 0 Å². The third-order valence-electron chi connectivity index (χ3n) is 3.89. The first kappa shape index (κ1) is 12.3. The zero-order valence-electron chi connectivity index (χ0n) is 10.6. The van der Waals surface area contributed by atoms with Gasteiger partial charge in [0.1, 0.15) is 0 Å². The maximum absolute atomic E-state index is 6.03. The van der Waals surface area contributed by atoms with Gasteiger partial charge in [-0.05, 0) is 39.7 Å². The summed E-state index contributed by atoms with van der Waals surface area (Å²) in [4.78, 5) is 0. The average molecular weight is 227 g/mol. The molecular weight excluding hydrogens is 202 g/mol. The number of hydrogen-bond acceptors (Lipinski definition) is 3. The fourth-order valence-electron chi connectivity index (χ4n) is 2.87. The molecule has 1 saturated heterocycles. The number of nitrogens with one attached hydrogen (secondary N) is 1. The first-order valence-corrected chi connectivity index (χ1v) is 6.74. The molecule has 2 aliphatic rings. The lowest BCUT2D eigenvalue weighted by atomic mass is 9.92. The third kappa shape index (κ3) is 3.19. The van der Waals surface area contributed by atoms with Gasteiger partial charge in [0.05, 0.1) is 24.9 Å². The topological polar surface area (TPSA) is 30.5 Å². The van der Waals surface area contributed by atoms with Gasteiger partial charge in [0.2, 0.25) is 0 Å². The molecule has 1 heterocycles. The Kier molecular flexibility index (Phi) is 4.62. The molecule has 1 aliphatic carbocycles. The number of likely N-dealkylation sites (N-methyl/N-ethyl adjacent to an activating group) is 1. The van der Waals surface area contributed by atoms with Crippen molar-refractivity contribution < 1.29 is 9.47 Å². The summed E-state index contributed by atoms with van der Waals surface area (Å²) in [6.07, 6.45) is 8.63. The quantitative estimate of drug-likeness (QED) is 0.798. The fraction of sp³-hybridized carbons (Fsp3) is 1.00. The lowest BCUT2D eigenvalue weighted by molar-refractivity contribution is -0.0565. The number of hydrogen-bond donors (Lipinski definition) is 1. The van der Waals surface area contributed by atoms with Crippen molar-refractivity contribution in [2.45, 2.75) is 69.8 Å². The predicted molar refractivity (Wildman–Crippen MR) is 64.6 cm³/mol. The third-order valence-corrected chi connectivity index (χ3v) is 3.89. The van der Waals surface area contributed by atoms with Gasteiger partial charge in [-0.3, -0.25) is 0 Å². The van der Waals surface area contributed by atoms with Gasteiger partial charge in [-0.1, -0.05) is 12.8 Å². The van der Waals surface area contributed by atoms with Crippen molar-refractivity contribution in [2.24, 2.45) is 0 Å². The van der Waals surface area contributed by atoms with Crippen LogP contribution < -0.4 is 5.32 Å². The molecule has 0 aromatic heterocycles. The van der Waals surface area contributed by atoms with Gasteiger partial charge in [0.25, 0.3) is 0 Å². The molecule has 1 N–H and O–H groups in total. The van der Waals surface area contributed by atoms with Crippen molar-refractivity contribution in [1.82, 2.24) is 5.32 Å². The highest BCUT2D eigenvalue weighted by atomic mass is 16.5. The largest absolute Gasteiger partial charge is 0.374 e. The highest BCUT2D eigenvalue weighted by Crippen LogP contribution is 2.24. The van der Waals surface area contributed by atoms with E-state index in [1.807, 2.05) is 7.05 Å². The molecule has 0 aromatic carbocycles. The Morgan fingerprint density at radius 3 is 2.69 bits per heavy atom. The molecular formula is C13H25NO2. The van der Waals surface area contributed by atoms with Crippen LogP contribution >= 0.6 is 0 Å². The van der Waals surface area contributed by atoms with Crippen LogP contribution in [0.2, 0.25) is 0 Å². The van der Waals surface area contributed by atoms with Crippen LogP contribution in [0.3, 0.4) is 0 Å². The smallest absolute Gasteiger partial charge is 0.0813 e. The summed E-state index contributed by atoms with van der Waals surface area (Å²) in [5.74, 6) is 0. The molecule has 3 nitrogen and oxygen atoms in total. The SMILES string of the molecule is CNC1CCCCC1OCC1CCC(C)O1. The standard InChI is InChI=1S/C13H25NO2/c1-10-7-8-11(16-10)9-15-13-6-4-3-5-12(13)14-2/h10-14H,3-9H2,1-2H3. The van der Waals surface area contributed by atoms with Crippen molar-refractivity contribution in [2.75, 3.05) is 13.7 Å². The zero-order chi connectivity index (χ0) is 11.4. The van der Waals surface area contributed by atoms with Crippen LogP contribution in [0.1, 0.15) is 45.4 Å². The van der Waals surface area contributed by atoms with Gasteiger partial charge in [-0.15, -0.1) is 0 Å². The highest BCUT2D eigenvalue weighted by molar-refractivity contribution is 4.81. The molecule has 1 saturated carbocycles.